The fourth-order valence-electron chi connectivity index (χ4n) is 4.37. The number of carbonyl (C=O) groups is 1. The Balaban J connectivity index is 1.58. The Labute approximate surface area is 187 Å². The van der Waals surface area contributed by atoms with Crippen molar-refractivity contribution in [3.8, 4) is 11.1 Å². The van der Waals surface area contributed by atoms with E-state index in [2.05, 4.69) is 30.4 Å². The number of nitrogens with zero attached hydrogens (tertiary/aromatic N) is 1. The first-order chi connectivity index (χ1) is 15.7. The molecule has 1 unspecified atom stereocenters. The van der Waals surface area contributed by atoms with Crippen LogP contribution in [-0.4, -0.2) is 10.6 Å². The van der Waals surface area contributed by atoms with E-state index in [1.165, 1.54) is 4.68 Å². The van der Waals surface area contributed by atoms with E-state index >= 15 is 0 Å². The first-order valence-corrected chi connectivity index (χ1v) is 10.8. The number of rotatable bonds is 5. The van der Waals surface area contributed by atoms with Gasteiger partial charge in [-0.2, -0.15) is 0 Å². The second-order valence-electron chi connectivity index (χ2n) is 7.92. The van der Waals surface area contributed by atoms with Gasteiger partial charge in [0.1, 0.15) is 0 Å². The van der Waals surface area contributed by atoms with Crippen molar-refractivity contribution in [2.75, 3.05) is 5.84 Å². The van der Waals surface area contributed by atoms with Crippen molar-refractivity contribution in [2.24, 2.45) is 0 Å². The minimum absolute atomic E-state index is 0.416. The molecule has 0 bridgehead atoms. The molecule has 3 aromatic carbocycles. The summed E-state index contributed by atoms with van der Waals surface area (Å²) in [5, 5.41) is 0. The fourth-order valence-corrected chi connectivity index (χ4v) is 4.37. The van der Waals surface area contributed by atoms with Gasteiger partial charge in [0.05, 0.1) is 0 Å². The monoisotopic (exact) mass is 420 g/mol. The number of allylic oxidation sites excluding steroid dienone is 2. The molecule has 0 saturated heterocycles. The van der Waals surface area contributed by atoms with E-state index in [9.17, 15) is 4.79 Å². The molecule has 32 heavy (non-hydrogen) atoms. The van der Waals surface area contributed by atoms with Gasteiger partial charge in [-0.05, 0) is 40.7 Å². The Morgan fingerprint density at radius 1 is 0.844 bits per heavy atom. The van der Waals surface area contributed by atoms with Gasteiger partial charge in [-0.1, -0.05) is 97.1 Å². The second-order valence-corrected chi connectivity index (χ2v) is 7.92. The Morgan fingerprint density at radius 2 is 1.50 bits per heavy atom. The third-order valence-electron chi connectivity index (χ3n) is 5.90. The Hall–Kier alpha value is -4.05. The molecule has 0 spiro atoms. The molecule has 1 aliphatic rings. The third-order valence-corrected chi connectivity index (χ3v) is 5.90. The van der Waals surface area contributed by atoms with Gasteiger partial charge in [0.25, 0.3) is 0 Å². The summed E-state index contributed by atoms with van der Waals surface area (Å²) < 4.78 is 7.62. The lowest BCUT2D eigenvalue weighted by molar-refractivity contribution is 0.0367. The molecule has 1 aromatic heterocycles. The molecular formula is C28H24N2O2. The molecule has 0 radical (unpaired) electrons. The summed E-state index contributed by atoms with van der Waals surface area (Å²) >= 11 is 0. The summed E-state index contributed by atoms with van der Waals surface area (Å²) in [7, 11) is 0. The van der Waals surface area contributed by atoms with E-state index in [1.807, 2.05) is 72.9 Å². The molecule has 1 aliphatic carbocycles. The Bertz CT molecular complexity index is 1270. The van der Waals surface area contributed by atoms with Gasteiger partial charge in [0.15, 0.2) is 11.8 Å². The molecule has 1 heterocycles. The van der Waals surface area contributed by atoms with Crippen LogP contribution in [0.2, 0.25) is 0 Å². The molecule has 0 fully saturated rings. The topological polar surface area (TPSA) is 57.2 Å². The summed E-state index contributed by atoms with van der Waals surface area (Å²) in [6.45, 7) is 0. The van der Waals surface area contributed by atoms with Gasteiger partial charge in [-0.25, -0.2) is 4.79 Å². The highest BCUT2D eigenvalue weighted by Gasteiger charge is 2.28. The number of ether oxygens (including phenoxy) is 1. The molecule has 5 rings (SSSR count). The molecule has 4 aromatic rings. The predicted molar refractivity (Wildman–Crippen MR) is 127 cm³/mol. The fraction of sp³-hybridized carbons (Fsp3) is 0.107. The largest absolute Gasteiger partial charge is 0.448 e. The normalized spacial score (nSPS) is 13.4. The zero-order chi connectivity index (χ0) is 21.9. The first kappa shape index (κ1) is 19.9. The van der Waals surface area contributed by atoms with Crippen LogP contribution in [0.3, 0.4) is 0 Å². The summed E-state index contributed by atoms with van der Waals surface area (Å²) in [5.74, 6) is 5.77. The summed E-state index contributed by atoms with van der Waals surface area (Å²) in [6, 6.07) is 28.1. The quantitative estimate of drug-likeness (QED) is 0.265. The van der Waals surface area contributed by atoms with E-state index in [0.29, 0.717) is 12.1 Å². The molecule has 2 N–H and O–H groups in total. The van der Waals surface area contributed by atoms with Crippen LogP contribution in [0, 0.1) is 0 Å². The zero-order valence-corrected chi connectivity index (χ0v) is 17.6. The summed E-state index contributed by atoms with van der Waals surface area (Å²) in [5.41, 5.74) is 6.39. The van der Waals surface area contributed by atoms with Crippen molar-refractivity contribution in [3.63, 3.8) is 0 Å². The molecule has 158 valence electrons. The molecular weight excluding hydrogens is 396 g/mol. The Morgan fingerprint density at radius 3 is 2.28 bits per heavy atom. The van der Waals surface area contributed by atoms with E-state index in [4.69, 9.17) is 10.6 Å². The smallest absolute Gasteiger partial charge is 0.358 e. The van der Waals surface area contributed by atoms with Crippen LogP contribution in [0.25, 0.3) is 11.1 Å². The van der Waals surface area contributed by atoms with Gasteiger partial charge < -0.3 is 10.6 Å². The first-order valence-electron chi connectivity index (χ1n) is 10.8. The number of benzene rings is 3. The number of esters is 1. The van der Waals surface area contributed by atoms with Gasteiger partial charge in [0.2, 0.25) is 0 Å². The lowest BCUT2D eigenvalue weighted by atomic mass is 9.92. The van der Waals surface area contributed by atoms with Crippen molar-refractivity contribution in [3.05, 3.63) is 131 Å². The number of hydrogen-bond donors (Lipinski definition) is 1. The van der Waals surface area contributed by atoms with E-state index in [0.717, 1.165) is 39.8 Å². The number of hydrogen-bond acceptors (Lipinski definition) is 3. The molecule has 0 amide bonds. The predicted octanol–water partition coefficient (Wildman–Crippen LogP) is 5.47. The number of aromatic nitrogens is 1. The summed E-state index contributed by atoms with van der Waals surface area (Å²) in [4.78, 5) is 13.5. The van der Waals surface area contributed by atoms with E-state index in [-0.39, 0.29) is 0 Å². The zero-order valence-electron chi connectivity index (χ0n) is 17.6. The average molecular weight is 421 g/mol. The number of nitrogens with two attached hydrogens (primary N) is 1. The Kier molecular flexibility index (Phi) is 5.34. The minimum Gasteiger partial charge on any atom is -0.448 e. The molecule has 0 aliphatic heterocycles. The number of carbonyl (C=O) groups excluding carboxylic acids is 1. The van der Waals surface area contributed by atoms with E-state index in [1.54, 1.807) is 0 Å². The van der Waals surface area contributed by atoms with E-state index < -0.39 is 12.1 Å². The number of nitrogen functional groups attached to an aromatic ring is 1. The van der Waals surface area contributed by atoms with Crippen molar-refractivity contribution in [1.82, 2.24) is 4.68 Å². The highest BCUT2D eigenvalue weighted by atomic mass is 16.5. The molecule has 4 heteroatoms. The maximum absolute atomic E-state index is 13.5. The maximum Gasteiger partial charge on any atom is 0.358 e. The van der Waals surface area contributed by atoms with Gasteiger partial charge in [-0.15, -0.1) is 0 Å². The van der Waals surface area contributed by atoms with Crippen molar-refractivity contribution < 1.29 is 9.53 Å². The standard InChI is InChI=1S/C28H24N2O2/c29-30-19-22-15-7-8-17-24(22)26(30)28(31)32-27(21-13-5-2-6-14-21)25-18-10-9-16-23(25)20-11-3-1-4-12-20/h1-14,16,18-19,27H,15,17,29H2. The van der Waals surface area contributed by atoms with Crippen LogP contribution >= 0.6 is 0 Å². The van der Waals surface area contributed by atoms with Crippen LogP contribution < -0.4 is 5.84 Å². The third kappa shape index (κ3) is 3.71. The highest BCUT2D eigenvalue weighted by molar-refractivity contribution is 5.91. The molecule has 4 nitrogen and oxygen atoms in total. The van der Waals surface area contributed by atoms with Gasteiger partial charge in [0, 0.05) is 11.8 Å². The van der Waals surface area contributed by atoms with Crippen LogP contribution in [-0.2, 0) is 17.6 Å². The van der Waals surface area contributed by atoms with Gasteiger partial charge >= 0.3 is 5.97 Å². The van der Waals surface area contributed by atoms with Crippen LogP contribution in [0.5, 0.6) is 0 Å². The van der Waals surface area contributed by atoms with Crippen molar-refractivity contribution >= 4 is 5.97 Å². The lowest BCUT2D eigenvalue weighted by Gasteiger charge is -2.22. The van der Waals surface area contributed by atoms with Crippen molar-refractivity contribution in [2.45, 2.75) is 18.9 Å². The SMILES string of the molecule is Nn1cc2c(c1C(=O)OC(c1ccccc1)c1ccccc1-c1ccccc1)CC=CC2. The summed E-state index contributed by atoms with van der Waals surface area (Å²) in [6.07, 6.45) is 6.88. The van der Waals surface area contributed by atoms with Crippen LogP contribution in [0.15, 0.2) is 103 Å². The maximum atomic E-state index is 13.5. The molecule has 0 saturated carbocycles. The van der Waals surface area contributed by atoms with Crippen molar-refractivity contribution in [1.29, 1.82) is 0 Å². The highest BCUT2D eigenvalue weighted by Crippen LogP contribution is 2.35. The second kappa shape index (κ2) is 8.60. The van der Waals surface area contributed by atoms with Crippen LogP contribution in [0.1, 0.15) is 38.8 Å². The lowest BCUT2D eigenvalue weighted by Crippen LogP contribution is -2.21. The van der Waals surface area contributed by atoms with Gasteiger partial charge in [-0.3, -0.25) is 4.68 Å². The van der Waals surface area contributed by atoms with Crippen LogP contribution in [0.4, 0.5) is 0 Å². The number of fused-ring (bicyclic) bond motifs is 1. The minimum atomic E-state index is -0.565. The molecule has 1 atom stereocenters. The average Bonchev–Trinajstić information content (AvgIpc) is 3.19.